The molecule has 0 unspecified atom stereocenters. The monoisotopic (exact) mass is 232 g/mol. The van der Waals surface area contributed by atoms with E-state index in [4.69, 9.17) is 28.4 Å². The lowest BCUT2D eigenvalue weighted by Crippen LogP contribution is -2.34. The Labute approximate surface area is 82.3 Å². The maximum atomic E-state index is 10.0. The van der Waals surface area contributed by atoms with Crippen LogP contribution in [0.3, 0.4) is 0 Å². The molecule has 0 heterocycles. The first kappa shape index (κ1) is 18.9. The first-order valence-electron chi connectivity index (χ1n) is 3.24. The molecule has 0 aliphatic heterocycles. The van der Waals surface area contributed by atoms with Crippen molar-refractivity contribution in [2.24, 2.45) is 11.7 Å². The molecule has 0 aliphatic rings. The van der Waals surface area contributed by atoms with Crippen molar-refractivity contribution in [3.8, 4) is 0 Å². The van der Waals surface area contributed by atoms with E-state index in [1.807, 2.05) is 0 Å². The predicted octanol–water partition coefficient (Wildman–Crippen LogP) is -0.436. The second-order valence-electron chi connectivity index (χ2n) is 2.56. The van der Waals surface area contributed by atoms with E-state index in [0.717, 1.165) is 0 Å². The zero-order valence-electron chi connectivity index (χ0n) is 7.91. The second kappa shape index (κ2) is 7.64. The quantitative estimate of drug-likeness (QED) is 0.398. The van der Waals surface area contributed by atoms with Crippen molar-refractivity contribution in [2.75, 3.05) is 0 Å². The molecule has 0 amide bonds. The van der Waals surface area contributed by atoms with Gasteiger partial charge in [-0.3, -0.25) is 13.9 Å². The molecule has 8 N–H and O–H groups in total. The average molecular weight is 232 g/mol. The van der Waals surface area contributed by atoms with Gasteiger partial charge in [-0.25, -0.2) is 0 Å². The minimum Gasteiger partial charge on any atom is -0.480 e. The zero-order valence-corrected chi connectivity index (χ0v) is 8.73. The smallest absolute Gasteiger partial charge is 0.394 e. The van der Waals surface area contributed by atoms with E-state index in [1.54, 1.807) is 13.8 Å². The van der Waals surface area contributed by atoms with Crippen LogP contribution in [0, 0.1) is 5.92 Å². The molecule has 0 aliphatic carbocycles. The number of rotatable bonds is 2. The number of carboxylic acid groups (broad SMARTS) is 1. The van der Waals surface area contributed by atoms with Gasteiger partial charge in [0.2, 0.25) is 0 Å². The maximum absolute atomic E-state index is 10.0. The van der Waals surface area contributed by atoms with Crippen molar-refractivity contribution in [2.45, 2.75) is 19.9 Å². The summed E-state index contributed by atoms with van der Waals surface area (Å²) in [6.07, 6.45) is 0. The number of hydrogen-bond acceptors (Lipinski definition) is 5. The molecule has 9 heteroatoms. The van der Waals surface area contributed by atoms with E-state index in [9.17, 15) is 4.79 Å². The Morgan fingerprint density at radius 3 is 1.50 bits per heavy atom. The molecular formula is C5H16N2O6S. The summed E-state index contributed by atoms with van der Waals surface area (Å²) < 4.78 is 31.6. The molecule has 8 nitrogen and oxygen atoms in total. The molecule has 0 radical (unpaired) electrons. The number of nitrogens with two attached hydrogens (primary N) is 1. The SMILES string of the molecule is CC(C)[C@H](N)C(=O)O.N.O=S(=O)(O)O. The number of hydrogen-bond donors (Lipinski definition) is 5. The van der Waals surface area contributed by atoms with E-state index < -0.39 is 22.4 Å². The van der Waals surface area contributed by atoms with Crippen LogP contribution in [-0.4, -0.2) is 34.6 Å². The van der Waals surface area contributed by atoms with Gasteiger partial charge in [-0.1, -0.05) is 13.8 Å². The largest absolute Gasteiger partial charge is 0.480 e. The summed E-state index contributed by atoms with van der Waals surface area (Å²) in [6.45, 7) is 3.55. The van der Waals surface area contributed by atoms with Gasteiger partial charge < -0.3 is 17.0 Å². The highest BCUT2D eigenvalue weighted by Crippen LogP contribution is 1.96. The van der Waals surface area contributed by atoms with Gasteiger partial charge in [0, 0.05) is 0 Å². The lowest BCUT2D eigenvalue weighted by molar-refractivity contribution is -0.139. The van der Waals surface area contributed by atoms with Crippen LogP contribution < -0.4 is 11.9 Å². The van der Waals surface area contributed by atoms with Gasteiger partial charge >= 0.3 is 16.4 Å². The van der Waals surface area contributed by atoms with E-state index in [2.05, 4.69) is 0 Å². The van der Waals surface area contributed by atoms with Crippen LogP contribution in [0.4, 0.5) is 0 Å². The number of carbonyl (C=O) groups is 1. The van der Waals surface area contributed by atoms with Crippen LogP contribution in [-0.2, 0) is 15.2 Å². The average Bonchev–Trinajstić information content (AvgIpc) is 1.81. The van der Waals surface area contributed by atoms with Crippen LogP contribution in [0.2, 0.25) is 0 Å². The van der Waals surface area contributed by atoms with Gasteiger partial charge in [-0.2, -0.15) is 8.42 Å². The molecular weight excluding hydrogens is 216 g/mol. The maximum Gasteiger partial charge on any atom is 0.394 e. The summed E-state index contributed by atoms with van der Waals surface area (Å²) in [5, 5.41) is 8.23. The molecule has 0 bridgehead atoms. The Morgan fingerprint density at radius 2 is 1.50 bits per heavy atom. The normalized spacial score (nSPS) is 12.1. The van der Waals surface area contributed by atoms with Crippen LogP contribution in [0.15, 0.2) is 0 Å². The Bertz CT molecular complexity index is 241. The fourth-order valence-electron chi connectivity index (χ4n) is 0.285. The topological polar surface area (TPSA) is 173 Å². The highest BCUT2D eigenvalue weighted by atomic mass is 32.3. The van der Waals surface area contributed by atoms with Gasteiger partial charge in [-0.05, 0) is 5.92 Å². The highest BCUT2D eigenvalue weighted by Gasteiger charge is 2.14. The van der Waals surface area contributed by atoms with Crippen molar-refractivity contribution in [3.63, 3.8) is 0 Å². The van der Waals surface area contributed by atoms with Crippen LogP contribution in [0.1, 0.15) is 13.8 Å². The molecule has 0 aromatic rings. The van der Waals surface area contributed by atoms with Crippen molar-refractivity contribution in [1.82, 2.24) is 6.15 Å². The Balaban J connectivity index is -0.000000177. The van der Waals surface area contributed by atoms with Gasteiger partial charge in [0.25, 0.3) is 0 Å². The molecule has 0 saturated carbocycles. The summed E-state index contributed by atoms with van der Waals surface area (Å²) in [4.78, 5) is 10.0. The first-order chi connectivity index (χ1) is 5.55. The lowest BCUT2D eigenvalue weighted by atomic mass is 10.1. The van der Waals surface area contributed by atoms with Crippen molar-refractivity contribution in [3.05, 3.63) is 0 Å². The van der Waals surface area contributed by atoms with Crippen LogP contribution in [0.5, 0.6) is 0 Å². The van der Waals surface area contributed by atoms with E-state index in [1.165, 1.54) is 0 Å². The third-order valence-electron chi connectivity index (χ3n) is 1.00. The lowest BCUT2D eigenvalue weighted by Gasteiger charge is -2.07. The second-order valence-corrected chi connectivity index (χ2v) is 3.45. The predicted molar refractivity (Wildman–Crippen MR) is 49.6 cm³/mol. The van der Waals surface area contributed by atoms with Gasteiger partial charge in [0.05, 0.1) is 0 Å². The molecule has 0 aromatic heterocycles. The minimum atomic E-state index is -4.67. The molecule has 0 saturated heterocycles. The standard InChI is InChI=1S/C5H11NO2.H3N.H2O4S/c1-3(2)4(6)5(7)8;;1-5(2,3)4/h3-4H,6H2,1-2H3,(H,7,8);1H3;(H2,1,2,3,4)/t4-;;/m0../s1. The van der Waals surface area contributed by atoms with E-state index in [0.29, 0.717) is 0 Å². The van der Waals surface area contributed by atoms with Crippen molar-refractivity contribution in [1.29, 1.82) is 0 Å². The third-order valence-corrected chi connectivity index (χ3v) is 1.00. The Hall–Kier alpha value is -0.740. The van der Waals surface area contributed by atoms with Gasteiger partial charge in [-0.15, -0.1) is 0 Å². The summed E-state index contributed by atoms with van der Waals surface area (Å²) >= 11 is 0. The molecule has 0 aromatic carbocycles. The number of carboxylic acids is 1. The Morgan fingerprint density at radius 1 is 1.29 bits per heavy atom. The van der Waals surface area contributed by atoms with Crippen molar-refractivity contribution < 1.29 is 27.4 Å². The first-order valence-corrected chi connectivity index (χ1v) is 4.63. The molecule has 0 rings (SSSR count). The van der Waals surface area contributed by atoms with E-state index >= 15 is 0 Å². The molecule has 88 valence electrons. The molecule has 0 fully saturated rings. The van der Waals surface area contributed by atoms with Crippen LogP contribution >= 0.6 is 0 Å². The van der Waals surface area contributed by atoms with Gasteiger partial charge in [0.15, 0.2) is 0 Å². The zero-order chi connectivity index (χ0) is 11.2. The van der Waals surface area contributed by atoms with Crippen molar-refractivity contribution >= 4 is 16.4 Å². The summed E-state index contributed by atoms with van der Waals surface area (Å²) in [5.74, 6) is -0.910. The number of aliphatic carboxylic acids is 1. The summed E-state index contributed by atoms with van der Waals surface area (Å²) in [6, 6.07) is -0.713. The van der Waals surface area contributed by atoms with E-state index in [-0.39, 0.29) is 12.1 Å². The summed E-state index contributed by atoms with van der Waals surface area (Å²) in [5.41, 5.74) is 5.16. The fraction of sp³-hybridized carbons (Fsp3) is 0.800. The minimum absolute atomic E-state index is 0. The van der Waals surface area contributed by atoms with Crippen LogP contribution in [0.25, 0.3) is 0 Å². The molecule has 14 heavy (non-hydrogen) atoms. The molecule has 0 spiro atoms. The summed E-state index contributed by atoms with van der Waals surface area (Å²) in [7, 11) is -4.67. The Kier molecular flexibility index (Phi) is 10.3. The highest BCUT2D eigenvalue weighted by molar-refractivity contribution is 7.79. The van der Waals surface area contributed by atoms with Gasteiger partial charge in [0.1, 0.15) is 6.04 Å². The fourth-order valence-corrected chi connectivity index (χ4v) is 0.285. The molecule has 1 atom stereocenters. The third kappa shape index (κ3) is 22.5.